The van der Waals surface area contributed by atoms with Crippen LogP contribution in [0.3, 0.4) is 0 Å². The van der Waals surface area contributed by atoms with E-state index < -0.39 is 21.7 Å². The fraction of sp³-hybridized carbons (Fsp3) is 0.300. The van der Waals surface area contributed by atoms with Gasteiger partial charge in [0.1, 0.15) is 11.4 Å². The average molecular weight is 459 g/mol. The first-order valence-electron chi connectivity index (χ1n) is 9.75. The summed E-state index contributed by atoms with van der Waals surface area (Å²) in [7, 11) is -3.72. The average Bonchev–Trinajstić information content (AvgIpc) is 3.22. The third-order valence-corrected chi connectivity index (χ3v) is 7.51. The Balaban J connectivity index is 1.33. The molecule has 0 radical (unpaired) electrons. The molecule has 1 fully saturated rings. The summed E-state index contributed by atoms with van der Waals surface area (Å²) in [6.07, 6.45) is 1.64. The molecular weight excluding hydrogens is 436 g/mol. The Bertz CT molecular complexity index is 1160. The van der Waals surface area contributed by atoms with Gasteiger partial charge in [0.25, 0.3) is 0 Å². The van der Waals surface area contributed by atoms with Crippen molar-refractivity contribution < 1.29 is 13.2 Å². The summed E-state index contributed by atoms with van der Waals surface area (Å²) in [6.45, 7) is 3.86. The molecule has 1 saturated heterocycles. The lowest BCUT2D eigenvalue weighted by atomic mass is 10.2. The zero-order chi connectivity index (χ0) is 21.8. The Hall–Kier alpha value is -2.89. The minimum absolute atomic E-state index is 0.241. The van der Waals surface area contributed by atoms with Gasteiger partial charge in [0.05, 0.1) is 0 Å². The number of piperazine rings is 1. The van der Waals surface area contributed by atoms with E-state index >= 15 is 0 Å². The lowest BCUT2D eigenvalue weighted by Crippen LogP contribution is -2.50. The van der Waals surface area contributed by atoms with Crippen LogP contribution in [0.1, 0.15) is 5.56 Å². The van der Waals surface area contributed by atoms with Gasteiger partial charge in [-0.1, -0.05) is 29.5 Å². The Morgan fingerprint density at radius 2 is 1.90 bits per heavy atom. The second-order valence-electron chi connectivity index (χ2n) is 7.16. The van der Waals surface area contributed by atoms with Gasteiger partial charge < -0.3 is 4.90 Å². The molecule has 1 N–H and O–H groups in total. The molecule has 1 aromatic carbocycles. The van der Waals surface area contributed by atoms with Crippen LogP contribution in [0.5, 0.6) is 0 Å². The number of hydrogen-bond acceptors (Lipinski definition) is 8. The molecule has 1 amide bonds. The second-order valence-corrected chi connectivity index (χ2v) is 10.1. The van der Waals surface area contributed by atoms with Gasteiger partial charge in [0.2, 0.25) is 21.1 Å². The van der Waals surface area contributed by atoms with Gasteiger partial charge in [-0.15, -0.1) is 10.2 Å². The highest BCUT2D eigenvalue weighted by molar-refractivity contribution is 7.89. The lowest BCUT2D eigenvalue weighted by molar-refractivity contribution is -0.113. The van der Waals surface area contributed by atoms with E-state index in [1.165, 1.54) is 4.31 Å². The summed E-state index contributed by atoms with van der Waals surface area (Å²) in [5.74, 6) is -1.26. The first-order chi connectivity index (χ1) is 14.9. The van der Waals surface area contributed by atoms with Crippen LogP contribution in [-0.4, -0.2) is 65.7 Å². The van der Waals surface area contributed by atoms with Crippen molar-refractivity contribution in [2.45, 2.75) is 6.92 Å². The number of sulfonamides is 1. The third kappa shape index (κ3) is 5.24. The summed E-state index contributed by atoms with van der Waals surface area (Å²) in [6, 6.07) is 13.5. The molecule has 0 spiro atoms. The number of amides is 1. The van der Waals surface area contributed by atoms with Crippen molar-refractivity contribution in [3.05, 3.63) is 54.2 Å². The van der Waals surface area contributed by atoms with E-state index in [1.54, 1.807) is 18.3 Å². The van der Waals surface area contributed by atoms with Gasteiger partial charge in [-0.05, 0) is 36.8 Å². The molecule has 162 valence electrons. The number of aryl methyl sites for hydroxylation is 1. The highest BCUT2D eigenvalue weighted by Gasteiger charge is 2.29. The van der Waals surface area contributed by atoms with Crippen molar-refractivity contribution in [3.63, 3.8) is 0 Å². The van der Waals surface area contributed by atoms with Crippen LogP contribution in [0.25, 0.3) is 10.7 Å². The number of carbonyl (C=O) groups excluding carboxylic acids is 1. The van der Waals surface area contributed by atoms with Crippen LogP contribution in [0.2, 0.25) is 0 Å². The number of anilines is 2. The standard InChI is InChI=1S/C20H22N6O3S2/c1-15-5-4-6-16(13-15)25-9-11-26(12-10-25)31(28,29)14-18(27)22-20-24-23-19(30-20)17-7-2-3-8-21-17/h2-8,13H,9-12,14H2,1H3,(H,22,24,27). The summed E-state index contributed by atoms with van der Waals surface area (Å²) >= 11 is 1.14. The predicted octanol–water partition coefficient (Wildman–Crippen LogP) is 2.00. The van der Waals surface area contributed by atoms with Crippen molar-refractivity contribution >= 4 is 38.1 Å². The summed E-state index contributed by atoms with van der Waals surface area (Å²) in [5, 5.41) is 11.2. The molecule has 2 aromatic heterocycles. The van der Waals surface area contributed by atoms with Crippen molar-refractivity contribution in [3.8, 4) is 10.7 Å². The SMILES string of the molecule is Cc1cccc(N2CCN(S(=O)(=O)CC(=O)Nc3nnc(-c4ccccn4)s3)CC2)c1. The van der Waals surface area contributed by atoms with Crippen LogP contribution in [-0.2, 0) is 14.8 Å². The monoisotopic (exact) mass is 458 g/mol. The molecule has 3 heterocycles. The Kier molecular flexibility index (Phi) is 6.25. The van der Waals surface area contributed by atoms with Crippen molar-refractivity contribution in [1.29, 1.82) is 0 Å². The van der Waals surface area contributed by atoms with Crippen LogP contribution in [0.15, 0.2) is 48.7 Å². The van der Waals surface area contributed by atoms with E-state index in [2.05, 4.69) is 31.5 Å². The zero-order valence-corrected chi connectivity index (χ0v) is 18.6. The number of carbonyl (C=O) groups is 1. The third-order valence-electron chi connectivity index (χ3n) is 4.87. The summed E-state index contributed by atoms with van der Waals surface area (Å²) in [4.78, 5) is 18.7. The van der Waals surface area contributed by atoms with Crippen LogP contribution in [0.4, 0.5) is 10.8 Å². The van der Waals surface area contributed by atoms with Gasteiger partial charge >= 0.3 is 0 Å². The number of nitrogens with one attached hydrogen (secondary N) is 1. The molecule has 31 heavy (non-hydrogen) atoms. The Labute approximate surface area is 184 Å². The van der Waals surface area contributed by atoms with Crippen molar-refractivity contribution in [2.24, 2.45) is 0 Å². The van der Waals surface area contributed by atoms with E-state index in [9.17, 15) is 13.2 Å². The normalized spacial score (nSPS) is 15.1. The predicted molar refractivity (Wildman–Crippen MR) is 121 cm³/mol. The van der Waals surface area contributed by atoms with E-state index in [0.717, 1.165) is 22.6 Å². The van der Waals surface area contributed by atoms with Gasteiger partial charge in [-0.25, -0.2) is 8.42 Å². The van der Waals surface area contributed by atoms with Gasteiger partial charge in [0, 0.05) is 38.1 Å². The van der Waals surface area contributed by atoms with Crippen molar-refractivity contribution in [1.82, 2.24) is 19.5 Å². The maximum absolute atomic E-state index is 12.7. The highest BCUT2D eigenvalue weighted by Crippen LogP contribution is 2.24. The molecule has 0 atom stereocenters. The van der Waals surface area contributed by atoms with Crippen LogP contribution >= 0.6 is 11.3 Å². The molecule has 0 aliphatic carbocycles. The molecule has 11 heteroatoms. The van der Waals surface area contributed by atoms with Crippen LogP contribution in [0, 0.1) is 6.92 Å². The molecule has 0 saturated carbocycles. The number of pyridine rings is 1. The second kappa shape index (κ2) is 9.08. The number of aromatic nitrogens is 3. The van der Waals surface area contributed by atoms with E-state index in [1.807, 2.05) is 31.2 Å². The topological polar surface area (TPSA) is 108 Å². The van der Waals surface area contributed by atoms with E-state index in [4.69, 9.17) is 0 Å². The fourth-order valence-electron chi connectivity index (χ4n) is 3.33. The fourth-order valence-corrected chi connectivity index (χ4v) is 5.37. The molecule has 4 rings (SSSR count). The maximum atomic E-state index is 12.7. The van der Waals surface area contributed by atoms with E-state index in [-0.39, 0.29) is 5.13 Å². The molecule has 1 aliphatic rings. The van der Waals surface area contributed by atoms with Crippen molar-refractivity contribution in [2.75, 3.05) is 42.1 Å². The van der Waals surface area contributed by atoms with Gasteiger partial charge in [0.15, 0.2) is 5.01 Å². The Morgan fingerprint density at radius 3 is 2.61 bits per heavy atom. The smallest absolute Gasteiger partial charge is 0.242 e. The largest absolute Gasteiger partial charge is 0.369 e. The van der Waals surface area contributed by atoms with Gasteiger partial charge in [-0.3, -0.25) is 15.1 Å². The van der Waals surface area contributed by atoms with E-state index in [0.29, 0.717) is 36.9 Å². The minimum Gasteiger partial charge on any atom is -0.369 e. The van der Waals surface area contributed by atoms with Gasteiger partial charge in [-0.2, -0.15) is 4.31 Å². The highest BCUT2D eigenvalue weighted by atomic mass is 32.2. The first kappa shape index (κ1) is 21.3. The Morgan fingerprint density at radius 1 is 1.10 bits per heavy atom. The molecule has 0 bridgehead atoms. The molecule has 0 unspecified atom stereocenters. The quantitative estimate of drug-likeness (QED) is 0.602. The van der Waals surface area contributed by atoms with Crippen LogP contribution < -0.4 is 10.2 Å². The molecule has 1 aliphatic heterocycles. The first-order valence-corrected chi connectivity index (χ1v) is 12.2. The number of nitrogens with zero attached hydrogens (tertiary/aromatic N) is 5. The minimum atomic E-state index is -3.72. The molecule has 3 aromatic rings. The number of benzene rings is 1. The lowest BCUT2D eigenvalue weighted by Gasteiger charge is -2.35. The number of rotatable bonds is 6. The summed E-state index contributed by atoms with van der Waals surface area (Å²) < 4.78 is 26.8. The zero-order valence-electron chi connectivity index (χ0n) is 16.9. The summed E-state index contributed by atoms with van der Waals surface area (Å²) in [5.41, 5.74) is 2.88. The molecular formula is C20H22N6O3S2. The molecule has 9 nitrogen and oxygen atoms in total. The maximum Gasteiger partial charge on any atom is 0.242 e. The number of hydrogen-bond donors (Lipinski definition) is 1.